The van der Waals surface area contributed by atoms with Gasteiger partial charge in [-0.05, 0) is 42.5 Å². The average molecular weight is 418 g/mol. The van der Waals surface area contributed by atoms with Crippen LogP contribution in [-0.4, -0.2) is 63.2 Å². The predicted octanol–water partition coefficient (Wildman–Crippen LogP) is 2.19. The van der Waals surface area contributed by atoms with Gasteiger partial charge in [-0.1, -0.05) is 17.7 Å². The van der Waals surface area contributed by atoms with Crippen LogP contribution in [-0.2, 0) is 9.59 Å². The number of methoxy groups -OCH3 is 1. The number of benzene rings is 2. The van der Waals surface area contributed by atoms with E-state index in [9.17, 15) is 9.59 Å². The molecule has 29 heavy (non-hydrogen) atoms. The van der Waals surface area contributed by atoms with E-state index in [1.165, 1.54) is 0 Å². The minimum absolute atomic E-state index is 0.249. The summed E-state index contributed by atoms with van der Waals surface area (Å²) >= 11 is 6.04. The van der Waals surface area contributed by atoms with Crippen molar-refractivity contribution in [3.8, 4) is 11.5 Å². The lowest BCUT2D eigenvalue weighted by atomic mass is 10.2. The molecule has 0 aromatic heterocycles. The summed E-state index contributed by atoms with van der Waals surface area (Å²) in [6.07, 6.45) is 0. The zero-order valence-corrected chi connectivity index (χ0v) is 17.0. The molecule has 0 radical (unpaired) electrons. The van der Waals surface area contributed by atoms with Crippen LogP contribution in [0.15, 0.2) is 48.5 Å². The SMILES string of the molecule is COc1ccc(OCCNC(=O)C(=O)N2CCN(c3cccc(Cl)c3)CC2)cc1. The van der Waals surface area contributed by atoms with Gasteiger partial charge in [0.1, 0.15) is 18.1 Å². The lowest BCUT2D eigenvalue weighted by molar-refractivity contribution is -0.146. The molecule has 0 saturated carbocycles. The van der Waals surface area contributed by atoms with Gasteiger partial charge in [0.2, 0.25) is 0 Å². The molecule has 3 rings (SSSR count). The van der Waals surface area contributed by atoms with Crippen LogP contribution in [0.3, 0.4) is 0 Å². The van der Waals surface area contributed by atoms with Gasteiger partial charge in [0, 0.05) is 36.9 Å². The van der Waals surface area contributed by atoms with Crippen LogP contribution in [0.4, 0.5) is 5.69 Å². The van der Waals surface area contributed by atoms with Gasteiger partial charge in [-0.2, -0.15) is 0 Å². The number of rotatable bonds is 6. The lowest BCUT2D eigenvalue weighted by Gasteiger charge is -2.35. The molecule has 1 heterocycles. The van der Waals surface area contributed by atoms with Crippen molar-refractivity contribution < 1.29 is 19.1 Å². The summed E-state index contributed by atoms with van der Waals surface area (Å²) < 4.78 is 10.6. The van der Waals surface area contributed by atoms with E-state index in [0.717, 1.165) is 11.4 Å². The second kappa shape index (κ2) is 10.0. The lowest BCUT2D eigenvalue weighted by Crippen LogP contribution is -2.53. The quantitative estimate of drug-likeness (QED) is 0.576. The molecule has 1 fully saturated rings. The van der Waals surface area contributed by atoms with Crippen LogP contribution < -0.4 is 19.7 Å². The first-order valence-corrected chi connectivity index (χ1v) is 9.79. The number of carbonyl (C=O) groups is 2. The van der Waals surface area contributed by atoms with Crippen LogP contribution in [0.2, 0.25) is 5.02 Å². The van der Waals surface area contributed by atoms with E-state index < -0.39 is 11.8 Å². The molecular weight excluding hydrogens is 394 g/mol. The summed E-state index contributed by atoms with van der Waals surface area (Å²) in [4.78, 5) is 28.2. The normalized spacial score (nSPS) is 13.7. The van der Waals surface area contributed by atoms with Gasteiger partial charge < -0.3 is 24.6 Å². The molecule has 154 valence electrons. The van der Waals surface area contributed by atoms with Gasteiger partial charge in [-0.15, -0.1) is 0 Å². The molecule has 2 aromatic rings. The fourth-order valence-electron chi connectivity index (χ4n) is 3.07. The van der Waals surface area contributed by atoms with Crippen molar-refractivity contribution in [2.24, 2.45) is 0 Å². The Morgan fingerprint density at radius 3 is 2.38 bits per heavy atom. The Kier molecular flexibility index (Phi) is 7.19. The maximum Gasteiger partial charge on any atom is 0.312 e. The van der Waals surface area contributed by atoms with Crippen LogP contribution in [0.5, 0.6) is 11.5 Å². The van der Waals surface area contributed by atoms with Gasteiger partial charge >= 0.3 is 11.8 Å². The highest BCUT2D eigenvalue weighted by Gasteiger charge is 2.25. The molecule has 0 unspecified atom stereocenters. The summed E-state index contributed by atoms with van der Waals surface area (Å²) in [5.41, 5.74) is 1.02. The number of anilines is 1. The highest BCUT2D eigenvalue weighted by molar-refractivity contribution is 6.35. The zero-order valence-electron chi connectivity index (χ0n) is 16.3. The van der Waals surface area contributed by atoms with E-state index in [1.807, 2.05) is 24.3 Å². The number of hydrogen-bond acceptors (Lipinski definition) is 5. The molecule has 8 heteroatoms. The van der Waals surface area contributed by atoms with Gasteiger partial charge in [-0.3, -0.25) is 9.59 Å². The number of carbonyl (C=O) groups excluding carboxylic acids is 2. The molecular formula is C21H24ClN3O4. The van der Waals surface area contributed by atoms with Crippen molar-refractivity contribution >= 4 is 29.1 Å². The Balaban J connectivity index is 1.38. The van der Waals surface area contributed by atoms with E-state index in [2.05, 4.69) is 10.2 Å². The number of hydrogen-bond donors (Lipinski definition) is 1. The third-order valence-corrected chi connectivity index (χ3v) is 4.89. The molecule has 2 amide bonds. The maximum absolute atomic E-state index is 12.3. The van der Waals surface area contributed by atoms with E-state index in [1.54, 1.807) is 36.3 Å². The van der Waals surface area contributed by atoms with Crippen molar-refractivity contribution in [1.82, 2.24) is 10.2 Å². The third-order valence-electron chi connectivity index (χ3n) is 4.65. The van der Waals surface area contributed by atoms with E-state index >= 15 is 0 Å². The fourth-order valence-corrected chi connectivity index (χ4v) is 3.25. The number of halogens is 1. The number of piperazine rings is 1. The van der Waals surface area contributed by atoms with Crippen LogP contribution in [0.1, 0.15) is 0 Å². The average Bonchev–Trinajstić information content (AvgIpc) is 2.76. The standard InChI is InChI=1S/C21H24ClN3O4/c1-28-18-5-7-19(8-6-18)29-14-9-23-20(26)21(27)25-12-10-24(11-13-25)17-4-2-3-16(22)15-17/h2-8,15H,9-14H2,1H3,(H,23,26). The summed E-state index contributed by atoms with van der Waals surface area (Å²) in [7, 11) is 1.60. The first-order valence-electron chi connectivity index (χ1n) is 9.41. The van der Waals surface area contributed by atoms with Crippen LogP contribution in [0, 0.1) is 0 Å². The second-order valence-electron chi connectivity index (χ2n) is 6.54. The molecule has 0 aliphatic carbocycles. The molecule has 1 aliphatic rings. The summed E-state index contributed by atoms with van der Waals surface area (Å²) in [6.45, 7) is 2.80. The first-order chi connectivity index (χ1) is 14.1. The first kappa shape index (κ1) is 20.8. The molecule has 0 atom stereocenters. The summed E-state index contributed by atoms with van der Waals surface area (Å²) in [5, 5.41) is 3.29. The number of amides is 2. The largest absolute Gasteiger partial charge is 0.497 e. The van der Waals surface area contributed by atoms with Crippen molar-refractivity contribution in [2.75, 3.05) is 51.3 Å². The van der Waals surface area contributed by atoms with Crippen molar-refractivity contribution in [1.29, 1.82) is 0 Å². The predicted molar refractivity (Wildman–Crippen MR) is 112 cm³/mol. The minimum Gasteiger partial charge on any atom is -0.497 e. The Hall–Kier alpha value is -2.93. The van der Waals surface area contributed by atoms with Crippen molar-refractivity contribution in [2.45, 2.75) is 0 Å². The maximum atomic E-state index is 12.3. The van der Waals surface area contributed by atoms with Gasteiger partial charge in [0.05, 0.1) is 13.7 Å². The highest BCUT2D eigenvalue weighted by Crippen LogP contribution is 2.21. The molecule has 1 saturated heterocycles. The molecule has 0 bridgehead atoms. The fraction of sp³-hybridized carbons (Fsp3) is 0.333. The molecule has 2 aromatic carbocycles. The molecule has 0 spiro atoms. The number of ether oxygens (including phenoxy) is 2. The highest BCUT2D eigenvalue weighted by atomic mass is 35.5. The topological polar surface area (TPSA) is 71.1 Å². The van der Waals surface area contributed by atoms with Gasteiger partial charge in [0.15, 0.2) is 0 Å². The number of nitrogens with one attached hydrogen (secondary N) is 1. The van der Waals surface area contributed by atoms with Crippen LogP contribution >= 0.6 is 11.6 Å². The van der Waals surface area contributed by atoms with Crippen molar-refractivity contribution in [3.63, 3.8) is 0 Å². The number of nitrogens with zero attached hydrogens (tertiary/aromatic N) is 2. The van der Waals surface area contributed by atoms with E-state index in [-0.39, 0.29) is 13.2 Å². The molecule has 1 N–H and O–H groups in total. The zero-order chi connectivity index (χ0) is 20.6. The van der Waals surface area contributed by atoms with Crippen LogP contribution in [0.25, 0.3) is 0 Å². The Labute approximate surface area is 175 Å². The second-order valence-corrected chi connectivity index (χ2v) is 6.98. The molecule has 7 nitrogen and oxygen atoms in total. The Bertz CT molecular complexity index is 836. The van der Waals surface area contributed by atoms with E-state index in [0.29, 0.717) is 37.0 Å². The Morgan fingerprint density at radius 1 is 1.03 bits per heavy atom. The minimum atomic E-state index is -0.612. The summed E-state index contributed by atoms with van der Waals surface area (Å²) in [6, 6.07) is 14.8. The molecule has 1 aliphatic heterocycles. The summed E-state index contributed by atoms with van der Waals surface area (Å²) in [5.74, 6) is 0.287. The Morgan fingerprint density at radius 2 is 1.72 bits per heavy atom. The van der Waals surface area contributed by atoms with Gasteiger partial charge in [-0.25, -0.2) is 0 Å². The smallest absolute Gasteiger partial charge is 0.312 e. The van der Waals surface area contributed by atoms with Gasteiger partial charge in [0.25, 0.3) is 0 Å². The monoisotopic (exact) mass is 417 g/mol. The van der Waals surface area contributed by atoms with Crippen molar-refractivity contribution in [3.05, 3.63) is 53.6 Å². The third kappa shape index (κ3) is 5.77. The van der Waals surface area contributed by atoms with E-state index in [4.69, 9.17) is 21.1 Å².